The van der Waals surface area contributed by atoms with Gasteiger partial charge in [0.15, 0.2) is 0 Å². The second-order valence-corrected chi connectivity index (χ2v) is 5.86. The summed E-state index contributed by atoms with van der Waals surface area (Å²) < 4.78 is 1.89. The molecule has 1 aromatic heterocycles. The third-order valence-corrected chi connectivity index (χ3v) is 3.97. The highest BCUT2D eigenvalue weighted by Crippen LogP contribution is 2.22. The zero-order valence-electron chi connectivity index (χ0n) is 12.9. The van der Waals surface area contributed by atoms with Gasteiger partial charge in [-0.15, -0.1) is 0 Å². The molecule has 3 N–H and O–H groups in total. The standard InChI is InChI=1S/C15H24N4O2/c1-10(2)19-9-12(16)7-13(19)15(21)18-6-4-5-11(8-18)14(20)17-3/h7,9-11H,4-6,8,16H2,1-3H3,(H,17,20). The lowest BCUT2D eigenvalue weighted by atomic mass is 9.97. The number of carbonyl (C=O) groups is 2. The molecular weight excluding hydrogens is 268 g/mol. The molecule has 1 fully saturated rings. The Labute approximate surface area is 125 Å². The molecule has 1 unspecified atom stereocenters. The van der Waals surface area contributed by atoms with Crippen molar-refractivity contribution in [1.29, 1.82) is 0 Å². The number of nitrogens with one attached hydrogen (secondary N) is 1. The Kier molecular flexibility index (Phi) is 4.55. The number of hydrogen-bond donors (Lipinski definition) is 2. The fourth-order valence-electron chi connectivity index (χ4n) is 2.84. The Bertz CT molecular complexity index is 536. The van der Waals surface area contributed by atoms with Gasteiger partial charge in [-0.25, -0.2) is 0 Å². The van der Waals surface area contributed by atoms with Crippen LogP contribution in [0.2, 0.25) is 0 Å². The van der Waals surface area contributed by atoms with Gasteiger partial charge in [0.25, 0.3) is 5.91 Å². The van der Waals surface area contributed by atoms with Gasteiger partial charge in [0.2, 0.25) is 5.91 Å². The van der Waals surface area contributed by atoms with Gasteiger partial charge in [0.1, 0.15) is 5.69 Å². The number of aromatic nitrogens is 1. The van der Waals surface area contributed by atoms with E-state index in [2.05, 4.69) is 5.32 Å². The van der Waals surface area contributed by atoms with Crippen LogP contribution in [0.25, 0.3) is 0 Å². The zero-order chi connectivity index (χ0) is 15.6. The first-order valence-corrected chi connectivity index (χ1v) is 7.42. The van der Waals surface area contributed by atoms with Crippen molar-refractivity contribution in [2.24, 2.45) is 5.92 Å². The molecule has 1 aliphatic rings. The van der Waals surface area contributed by atoms with E-state index in [-0.39, 0.29) is 23.8 Å². The van der Waals surface area contributed by atoms with Crippen LogP contribution in [0.4, 0.5) is 5.69 Å². The first kappa shape index (κ1) is 15.4. The van der Waals surface area contributed by atoms with Gasteiger partial charge in [0.05, 0.1) is 11.6 Å². The number of rotatable bonds is 3. The van der Waals surface area contributed by atoms with Gasteiger partial charge in [-0.1, -0.05) is 0 Å². The van der Waals surface area contributed by atoms with E-state index in [1.807, 2.05) is 18.4 Å². The third-order valence-electron chi connectivity index (χ3n) is 3.97. The van der Waals surface area contributed by atoms with E-state index < -0.39 is 0 Å². The summed E-state index contributed by atoms with van der Waals surface area (Å²) in [6.07, 6.45) is 3.47. The van der Waals surface area contributed by atoms with E-state index in [1.54, 1.807) is 24.2 Å². The Morgan fingerprint density at radius 2 is 2.14 bits per heavy atom. The molecule has 2 rings (SSSR count). The first-order valence-electron chi connectivity index (χ1n) is 7.42. The minimum absolute atomic E-state index is 0.00579. The molecule has 0 spiro atoms. The minimum Gasteiger partial charge on any atom is -0.397 e. The summed E-state index contributed by atoms with van der Waals surface area (Å²) in [7, 11) is 1.63. The second kappa shape index (κ2) is 6.20. The van der Waals surface area contributed by atoms with Gasteiger partial charge >= 0.3 is 0 Å². The molecular formula is C15H24N4O2. The lowest BCUT2D eigenvalue weighted by Gasteiger charge is -2.32. The number of anilines is 1. The van der Waals surface area contributed by atoms with Gasteiger partial charge < -0.3 is 20.5 Å². The maximum atomic E-state index is 12.7. The van der Waals surface area contributed by atoms with Crippen molar-refractivity contribution in [3.05, 3.63) is 18.0 Å². The molecule has 6 nitrogen and oxygen atoms in total. The summed E-state index contributed by atoms with van der Waals surface area (Å²) in [5, 5.41) is 2.67. The molecule has 6 heteroatoms. The fraction of sp³-hybridized carbons (Fsp3) is 0.600. The number of likely N-dealkylation sites (tertiary alicyclic amines) is 1. The highest BCUT2D eigenvalue weighted by Gasteiger charge is 2.29. The number of hydrogen-bond acceptors (Lipinski definition) is 3. The summed E-state index contributed by atoms with van der Waals surface area (Å²) in [5.41, 5.74) is 7.01. The van der Waals surface area contributed by atoms with Crippen LogP contribution in [-0.4, -0.2) is 41.4 Å². The molecule has 116 valence electrons. The molecule has 21 heavy (non-hydrogen) atoms. The molecule has 0 aliphatic carbocycles. The summed E-state index contributed by atoms with van der Waals surface area (Å²) in [6.45, 7) is 5.19. The summed E-state index contributed by atoms with van der Waals surface area (Å²) in [5.74, 6) is -0.159. The minimum atomic E-state index is -0.118. The predicted octanol–water partition coefficient (Wildman–Crippen LogP) is 1.25. The van der Waals surface area contributed by atoms with Crippen molar-refractivity contribution in [1.82, 2.24) is 14.8 Å². The molecule has 1 saturated heterocycles. The first-order chi connectivity index (χ1) is 9.93. The summed E-state index contributed by atoms with van der Waals surface area (Å²) in [4.78, 5) is 26.3. The molecule has 0 aromatic carbocycles. The van der Waals surface area contributed by atoms with Crippen molar-refractivity contribution in [3.8, 4) is 0 Å². The van der Waals surface area contributed by atoms with E-state index in [0.29, 0.717) is 24.5 Å². The van der Waals surface area contributed by atoms with Crippen molar-refractivity contribution in [2.75, 3.05) is 25.9 Å². The Morgan fingerprint density at radius 3 is 2.76 bits per heavy atom. The van der Waals surface area contributed by atoms with Crippen LogP contribution in [-0.2, 0) is 4.79 Å². The lowest BCUT2D eigenvalue weighted by Crippen LogP contribution is -2.45. The highest BCUT2D eigenvalue weighted by atomic mass is 16.2. The molecule has 2 amide bonds. The van der Waals surface area contributed by atoms with Crippen LogP contribution in [0.1, 0.15) is 43.2 Å². The molecule has 2 heterocycles. The topological polar surface area (TPSA) is 80.4 Å². The third kappa shape index (κ3) is 3.20. The number of piperidine rings is 1. The maximum absolute atomic E-state index is 12.7. The SMILES string of the molecule is CNC(=O)C1CCCN(C(=O)c2cc(N)cn2C(C)C)C1. The largest absolute Gasteiger partial charge is 0.397 e. The van der Waals surface area contributed by atoms with Crippen molar-refractivity contribution in [3.63, 3.8) is 0 Å². The summed E-state index contributed by atoms with van der Waals surface area (Å²) >= 11 is 0. The lowest BCUT2D eigenvalue weighted by molar-refractivity contribution is -0.125. The zero-order valence-corrected chi connectivity index (χ0v) is 12.9. The van der Waals surface area contributed by atoms with Crippen LogP contribution in [0.15, 0.2) is 12.3 Å². The Morgan fingerprint density at radius 1 is 1.43 bits per heavy atom. The maximum Gasteiger partial charge on any atom is 0.270 e. The molecule has 1 aromatic rings. The quantitative estimate of drug-likeness (QED) is 0.880. The van der Waals surface area contributed by atoms with Crippen LogP contribution < -0.4 is 11.1 Å². The fourth-order valence-corrected chi connectivity index (χ4v) is 2.84. The van der Waals surface area contributed by atoms with Crippen molar-refractivity contribution in [2.45, 2.75) is 32.7 Å². The van der Waals surface area contributed by atoms with Crippen molar-refractivity contribution >= 4 is 17.5 Å². The van der Waals surface area contributed by atoms with Crippen LogP contribution >= 0.6 is 0 Å². The van der Waals surface area contributed by atoms with E-state index in [9.17, 15) is 9.59 Å². The number of nitrogen functional groups attached to an aromatic ring is 1. The Hall–Kier alpha value is -1.98. The Balaban J connectivity index is 2.18. The monoisotopic (exact) mass is 292 g/mol. The van der Waals surface area contributed by atoms with E-state index in [0.717, 1.165) is 12.8 Å². The second-order valence-electron chi connectivity index (χ2n) is 5.86. The van der Waals surface area contributed by atoms with Crippen LogP contribution in [0.3, 0.4) is 0 Å². The van der Waals surface area contributed by atoms with E-state index in [1.165, 1.54) is 0 Å². The van der Waals surface area contributed by atoms with Gasteiger partial charge in [-0.3, -0.25) is 9.59 Å². The average Bonchev–Trinajstić information content (AvgIpc) is 2.88. The highest BCUT2D eigenvalue weighted by molar-refractivity contribution is 5.94. The molecule has 1 atom stereocenters. The number of carbonyl (C=O) groups excluding carboxylic acids is 2. The predicted molar refractivity (Wildman–Crippen MR) is 81.9 cm³/mol. The van der Waals surface area contributed by atoms with Gasteiger partial charge in [-0.05, 0) is 32.8 Å². The normalized spacial score (nSPS) is 18.9. The van der Waals surface area contributed by atoms with Crippen molar-refractivity contribution < 1.29 is 9.59 Å². The van der Waals surface area contributed by atoms with Gasteiger partial charge in [0, 0.05) is 32.4 Å². The van der Waals surface area contributed by atoms with Crippen LogP contribution in [0, 0.1) is 5.92 Å². The molecule has 0 bridgehead atoms. The molecule has 1 aliphatic heterocycles. The van der Waals surface area contributed by atoms with E-state index >= 15 is 0 Å². The number of nitrogens with zero attached hydrogens (tertiary/aromatic N) is 2. The average molecular weight is 292 g/mol. The van der Waals surface area contributed by atoms with E-state index in [4.69, 9.17) is 5.73 Å². The smallest absolute Gasteiger partial charge is 0.270 e. The van der Waals surface area contributed by atoms with Crippen LogP contribution in [0.5, 0.6) is 0 Å². The number of amides is 2. The summed E-state index contributed by atoms with van der Waals surface area (Å²) in [6, 6.07) is 1.88. The molecule has 0 radical (unpaired) electrons. The number of nitrogens with two attached hydrogens (primary N) is 1. The molecule has 0 saturated carbocycles. The van der Waals surface area contributed by atoms with Gasteiger partial charge in [-0.2, -0.15) is 0 Å².